The molecule has 0 unspecified atom stereocenters. The Morgan fingerprint density at radius 3 is 2.25 bits per heavy atom. The normalized spacial score (nSPS) is 16.1. The molecule has 1 fully saturated rings. The SMILES string of the molecule is CC(C)c1ccc(CN(CCS(C)(=O)=O)C2CC2)cc1. The molecular formula is C16H25NO2S. The smallest absolute Gasteiger partial charge is 0.148 e. The van der Waals surface area contributed by atoms with E-state index in [1.54, 1.807) is 0 Å². The predicted molar refractivity (Wildman–Crippen MR) is 83.7 cm³/mol. The average molecular weight is 295 g/mol. The van der Waals surface area contributed by atoms with Crippen LogP contribution < -0.4 is 0 Å². The molecule has 0 radical (unpaired) electrons. The highest BCUT2D eigenvalue weighted by atomic mass is 32.2. The first kappa shape index (κ1) is 15.5. The summed E-state index contributed by atoms with van der Waals surface area (Å²) in [6.07, 6.45) is 3.72. The van der Waals surface area contributed by atoms with Gasteiger partial charge in [-0.05, 0) is 29.9 Å². The lowest BCUT2D eigenvalue weighted by atomic mass is 10.0. The Morgan fingerprint density at radius 2 is 1.80 bits per heavy atom. The first-order valence-electron chi connectivity index (χ1n) is 7.36. The minimum absolute atomic E-state index is 0.258. The van der Waals surface area contributed by atoms with E-state index in [4.69, 9.17) is 0 Å². The van der Waals surface area contributed by atoms with Crippen molar-refractivity contribution in [1.82, 2.24) is 4.90 Å². The number of benzene rings is 1. The van der Waals surface area contributed by atoms with E-state index < -0.39 is 9.84 Å². The Hall–Kier alpha value is -0.870. The van der Waals surface area contributed by atoms with Crippen LogP contribution >= 0.6 is 0 Å². The summed E-state index contributed by atoms with van der Waals surface area (Å²) in [7, 11) is -2.88. The van der Waals surface area contributed by atoms with Gasteiger partial charge in [0.1, 0.15) is 9.84 Å². The van der Waals surface area contributed by atoms with Crippen molar-refractivity contribution < 1.29 is 8.42 Å². The molecule has 1 aliphatic rings. The Morgan fingerprint density at radius 1 is 1.20 bits per heavy atom. The third kappa shape index (κ3) is 4.91. The Balaban J connectivity index is 1.97. The lowest BCUT2D eigenvalue weighted by Crippen LogP contribution is -2.30. The summed E-state index contributed by atoms with van der Waals surface area (Å²) < 4.78 is 22.6. The summed E-state index contributed by atoms with van der Waals surface area (Å²) in [6, 6.07) is 9.29. The van der Waals surface area contributed by atoms with Gasteiger partial charge < -0.3 is 0 Å². The molecule has 1 aromatic carbocycles. The van der Waals surface area contributed by atoms with Crippen molar-refractivity contribution in [1.29, 1.82) is 0 Å². The van der Waals surface area contributed by atoms with Crippen LogP contribution in [0.1, 0.15) is 43.7 Å². The Labute approximate surface area is 122 Å². The van der Waals surface area contributed by atoms with E-state index in [0.717, 1.165) is 6.54 Å². The van der Waals surface area contributed by atoms with Crippen LogP contribution in [0, 0.1) is 0 Å². The molecule has 0 heterocycles. The molecule has 0 N–H and O–H groups in total. The van der Waals surface area contributed by atoms with Crippen LogP contribution in [0.2, 0.25) is 0 Å². The lowest BCUT2D eigenvalue weighted by Gasteiger charge is -2.21. The molecule has 0 atom stereocenters. The molecule has 112 valence electrons. The van der Waals surface area contributed by atoms with Gasteiger partial charge in [0.15, 0.2) is 0 Å². The van der Waals surface area contributed by atoms with Crippen molar-refractivity contribution in [3.05, 3.63) is 35.4 Å². The third-order valence-corrected chi connectivity index (χ3v) is 4.77. The maximum absolute atomic E-state index is 11.3. The van der Waals surface area contributed by atoms with E-state index in [1.165, 1.54) is 30.2 Å². The summed E-state index contributed by atoms with van der Waals surface area (Å²) in [6.45, 7) is 5.89. The zero-order valence-electron chi connectivity index (χ0n) is 12.7. The molecule has 0 amide bonds. The molecule has 1 aromatic rings. The summed E-state index contributed by atoms with van der Waals surface area (Å²) in [5.41, 5.74) is 2.62. The molecule has 1 saturated carbocycles. The molecule has 20 heavy (non-hydrogen) atoms. The van der Waals surface area contributed by atoms with Crippen LogP contribution in [-0.4, -0.2) is 37.9 Å². The van der Waals surface area contributed by atoms with Crippen molar-refractivity contribution in [3.63, 3.8) is 0 Å². The summed E-state index contributed by atoms with van der Waals surface area (Å²) >= 11 is 0. The summed E-state index contributed by atoms with van der Waals surface area (Å²) in [5.74, 6) is 0.807. The van der Waals surface area contributed by atoms with Gasteiger partial charge in [-0.1, -0.05) is 38.1 Å². The van der Waals surface area contributed by atoms with Crippen molar-refractivity contribution in [3.8, 4) is 0 Å². The molecule has 0 aliphatic heterocycles. The molecule has 0 spiro atoms. The van der Waals surface area contributed by atoms with Gasteiger partial charge in [-0.15, -0.1) is 0 Å². The van der Waals surface area contributed by atoms with Gasteiger partial charge in [-0.2, -0.15) is 0 Å². The van der Waals surface area contributed by atoms with Gasteiger partial charge >= 0.3 is 0 Å². The van der Waals surface area contributed by atoms with Crippen LogP contribution in [0.5, 0.6) is 0 Å². The van der Waals surface area contributed by atoms with E-state index in [0.29, 0.717) is 18.5 Å². The van der Waals surface area contributed by atoms with E-state index in [-0.39, 0.29) is 5.75 Å². The molecule has 4 heteroatoms. The highest BCUT2D eigenvalue weighted by Crippen LogP contribution is 2.28. The summed E-state index contributed by atoms with van der Waals surface area (Å²) in [4.78, 5) is 2.31. The van der Waals surface area contributed by atoms with Gasteiger partial charge in [0.05, 0.1) is 5.75 Å². The quantitative estimate of drug-likeness (QED) is 0.776. The maximum atomic E-state index is 11.3. The zero-order valence-corrected chi connectivity index (χ0v) is 13.5. The first-order chi connectivity index (χ1) is 9.35. The molecular weight excluding hydrogens is 270 g/mol. The van der Waals surface area contributed by atoms with E-state index in [1.807, 2.05) is 0 Å². The van der Waals surface area contributed by atoms with Crippen LogP contribution in [0.3, 0.4) is 0 Å². The monoisotopic (exact) mass is 295 g/mol. The molecule has 2 rings (SSSR count). The number of hydrogen-bond donors (Lipinski definition) is 0. The van der Waals surface area contributed by atoms with Crippen molar-refractivity contribution in [2.24, 2.45) is 0 Å². The summed E-state index contributed by atoms with van der Waals surface area (Å²) in [5, 5.41) is 0. The van der Waals surface area contributed by atoms with Gasteiger partial charge in [0.2, 0.25) is 0 Å². The second-order valence-electron chi connectivity index (χ2n) is 6.23. The van der Waals surface area contributed by atoms with Gasteiger partial charge in [0, 0.05) is 25.4 Å². The molecule has 0 aromatic heterocycles. The number of hydrogen-bond acceptors (Lipinski definition) is 3. The van der Waals surface area contributed by atoms with Gasteiger partial charge in [-0.25, -0.2) is 8.42 Å². The van der Waals surface area contributed by atoms with Gasteiger partial charge in [-0.3, -0.25) is 4.90 Å². The largest absolute Gasteiger partial charge is 0.295 e. The molecule has 1 aliphatic carbocycles. The maximum Gasteiger partial charge on any atom is 0.148 e. The standard InChI is InChI=1S/C16H25NO2S/c1-13(2)15-6-4-14(5-7-15)12-17(16-8-9-16)10-11-20(3,18)19/h4-7,13,16H,8-12H2,1-3H3. The van der Waals surface area contributed by atoms with Crippen LogP contribution in [0.4, 0.5) is 0 Å². The topological polar surface area (TPSA) is 37.4 Å². The van der Waals surface area contributed by atoms with E-state index in [2.05, 4.69) is 43.0 Å². The number of sulfone groups is 1. The predicted octanol–water partition coefficient (Wildman–Crippen LogP) is 2.82. The fourth-order valence-electron chi connectivity index (χ4n) is 2.36. The average Bonchev–Trinajstić information content (AvgIpc) is 3.18. The zero-order chi connectivity index (χ0) is 14.8. The minimum Gasteiger partial charge on any atom is -0.295 e. The molecule has 0 bridgehead atoms. The highest BCUT2D eigenvalue weighted by molar-refractivity contribution is 7.90. The van der Waals surface area contributed by atoms with Crippen LogP contribution in [0.25, 0.3) is 0 Å². The van der Waals surface area contributed by atoms with Crippen LogP contribution in [-0.2, 0) is 16.4 Å². The fraction of sp³-hybridized carbons (Fsp3) is 0.625. The number of nitrogens with zero attached hydrogens (tertiary/aromatic N) is 1. The lowest BCUT2D eigenvalue weighted by molar-refractivity contribution is 0.270. The van der Waals surface area contributed by atoms with Gasteiger partial charge in [0.25, 0.3) is 0 Å². The molecule has 3 nitrogen and oxygen atoms in total. The Kier molecular flexibility index (Phi) is 4.86. The third-order valence-electron chi connectivity index (χ3n) is 3.84. The fourth-order valence-corrected chi connectivity index (χ4v) is 2.92. The number of rotatable bonds is 7. The second kappa shape index (κ2) is 6.27. The van der Waals surface area contributed by atoms with Crippen molar-refractivity contribution in [2.75, 3.05) is 18.6 Å². The van der Waals surface area contributed by atoms with Crippen LogP contribution in [0.15, 0.2) is 24.3 Å². The van der Waals surface area contributed by atoms with E-state index in [9.17, 15) is 8.42 Å². The highest BCUT2D eigenvalue weighted by Gasteiger charge is 2.29. The first-order valence-corrected chi connectivity index (χ1v) is 9.42. The molecule has 0 saturated heterocycles. The Bertz CT molecular complexity index is 530. The van der Waals surface area contributed by atoms with Crippen molar-refractivity contribution in [2.45, 2.75) is 45.2 Å². The second-order valence-corrected chi connectivity index (χ2v) is 8.49. The minimum atomic E-state index is -2.88. The van der Waals surface area contributed by atoms with Crippen molar-refractivity contribution >= 4 is 9.84 Å². The van der Waals surface area contributed by atoms with E-state index >= 15 is 0 Å².